The van der Waals surface area contributed by atoms with E-state index in [1.165, 1.54) is 18.2 Å². The van der Waals surface area contributed by atoms with Crippen LogP contribution in [-0.4, -0.2) is 42.0 Å². The number of hydrogen-bond acceptors (Lipinski definition) is 3. The number of aryl methyl sites for hydroxylation is 1. The summed E-state index contributed by atoms with van der Waals surface area (Å²) >= 11 is 6.05. The lowest BCUT2D eigenvalue weighted by molar-refractivity contribution is -0.208. The third-order valence-electron chi connectivity index (χ3n) is 4.81. The second-order valence-corrected chi connectivity index (χ2v) is 7.66. The van der Waals surface area contributed by atoms with E-state index in [1.54, 1.807) is 18.2 Å². The highest BCUT2D eigenvalue weighted by Crippen LogP contribution is 2.32. The Kier molecular flexibility index (Phi) is 9.24. The van der Waals surface area contributed by atoms with Crippen LogP contribution in [0.5, 0.6) is 5.75 Å². The van der Waals surface area contributed by atoms with E-state index in [2.05, 4.69) is 0 Å². The van der Waals surface area contributed by atoms with Crippen LogP contribution in [0.1, 0.15) is 30.0 Å². The SMILES string of the molecule is CCc1cc(OCCCN(Cc2ccccc2C(F)(F)F)CC(O)C(F)(F)F)ccc1Cl. The van der Waals surface area contributed by atoms with Gasteiger partial charge in [-0.05, 0) is 48.2 Å². The molecule has 0 aromatic heterocycles. The maximum atomic E-state index is 13.3. The number of benzene rings is 2. The Morgan fingerprint density at radius 1 is 1.03 bits per heavy atom. The first-order valence-electron chi connectivity index (χ1n) is 9.95. The summed E-state index contributed by atoms with van der Waals surface area (Å²) in [4.78, 5) is 1.14. The van der Waals surface area contributed by atoms with Crippen LogP contribution in [0, 0.1) is 0 Å². The third kappa shape index (κ3) is 7.86. The first-order chi connectivity index (χ1) is 14.9. The molecule has 0 aliphatic rings. The minimum absolute atomic E-state index is 0.00639. The highest BCUT2D eigenvalue weighted by atomic mass is 35.5. The lowest BCUT2D eigenvalue weighted by Crippen LogP contribution is -2.41. The van der Waals surface area contributed by atoms with E-state index in [0.29, 0.717) is 17.2 Å². The highest BCUT2D eigenvalue weighted by Gasteiger charge is 2.39. The fraction of sp³-hybridized carbons (Fsp3) is 0.455. The Labute approximate surface area is 187 Å². The lowest BCUT2D eigenvalue weighted by atomic mass is 10.1. The molecule has 3 nitrogen and oxygen atoms in total. The summed E-state index contributed by atoms with van der Waals surface area (Å²) < 4.78 is 83.9. The van der Waals surface area contributed by atoms with Crippen LogP contribution in [0.4, 0.5) is 26.3 Å². The Balaban J connectivity index is 2.06. The van der Waals surface area contributed by atoms with Gasteiger partial charge in [0, 0.05) is 24.7 Å². The minimum Gasteiger partial charge on any atom is -0.494 e. The van der Waals surface area contributed by atoms with Crippen molar-refractivity contribution in [2.24, 2.45) is 0 Å². The predicted molar refractivity (Wildman–Crippen MR) is 110 cm³/mol. The van der Waals surface area contributed by atoms with Crippen molar-refractivity contribution >= 4 is 11.6 Å². The summed E-state index contributed by atoms with van der Waals surface area (Å²) in [6, 6.07) is 9.79. The molecule has 2 rings (SSSR count). The van der Waals surface area contributed by atoms with Crippen molar-refractivity contribution in [1.29, 1.82) is 0 Å². The number of rotatable bonds is 10. The Morgan fingerprint density at radius 2 is 1.72 bits per heavy atom. The van der Waals surface area contributed by atoms with Gasteiger partial charge in [-0.3, -0.25) is 4.90 Å². The fourth-order valence-electron chi connectivity index (χ4n) is 3.15. The van der Waals surface area contributed by atoms with E-state index in [0.717, 1.165) is 16.5 Å². The molecule has 0 saturated carbocycles. The van der Waals surface area contributed by atoms with Crippen molar-refractivity contribution in [3.05, 3.63) is 64.2 Å². The van der Waals surface area contributed by atoms with Crippen molar-refractivity contribution in [1.82, 2.24) is 4.90 Å². The van der Waals surface area contributed by atoms with Gasteiger partial charge in [-0.15, -0.1) is 0 Å². The van der Waals surface area contributed by atoms with Crippen LogP contribution in [0.15, 0.2) is 42.5 Å². The van der Waals surface area contributed by atoms with Gasteiger partial charge >= 0.3 is 12.4 Å². The van der Waals surface area contributed by atoms with Gasteiger partial charge in [0.2, 0.25) is 0 Å². The molecule has 0 fully saturated rings. The largest absolute Gasteiger partial charge is 0.494 e. The lowest BCUT2D eigenvalue weighted by Gasteiger charge is -2.27. The monoisotopic (exact) mass is 483 g/mol. The molecule has 0 bridgehead atoms. The zero-order chi connectivity index (χ0) is 23.9. The smallest absolute Gasteiger partial charge is 0.416 e. The molecule has 2 aromatic rings. The summed E-state index contributed by atoms with van der Waals surface area (Å²) in [6.45, 7) is 0.797. The number of alkyl halides is 6. The third-order valence-corrected chi connectivity index (χ3v) is 5.18. The number of hydrogen-bond donors (Lipinski definition) is 1. The fourth-order valence-corrected chi connectivity index (χ4v) is 3.40. The summed E-state index contributed by atoms with van der Waals surface area (Å²) in [7, 11) is 0. The van der Waals surface area contributed by atoms with Gasteiger partial charge in [0.15, 0.2) is 6.10 Å². The second-order valence-electron chi connectivity index (χ2n) is 7.26. The Hall–Kier alpha value is -1.97. The van der Waals surface area contributed by atoms with E-state index < -0.39 is 37.1 Å². The molecule has 1 unspecified atom stereocenters. The molecule has 0 aliphatic carbocycles. The predicted octanol–water partition coefficient (Wildman–Crippen LogP) is 6.12. The molecule has 0 spiro atoms. The molecule has 0 saturated heterocycles. The second kappa shape index (κ2) is 11.2. The first-order valence-corrected chi connectivity index (χ1v) is 10.3. The van der Waals surface area contributed by atoms with Gasteiger partial charge in [0.25, 0.3) is 0 Å². The van der Waals surface area contributed by atoms with Gasteiger partial charge in [0.1, 0.15) is 5.75 Å². The van der Waals surface area contributed by atoms with Crippen molar-refractivity contribution < 1.29 is 36.2 Å². The maximum absolute atomic E-state index is 13.3. The quantitative estimate of drug-likeness (QED) is 0.326. The molecule has 0 amide bonds. The maximum Gasteiger partial charge on any atom is 0.416 e. The van der Waals surface area contributed by atoms with Crippen LogP contribution < -0.4 is 4.74 Å². The average Bonchev–Trinajstić information content (AvgIpc) is 2.71. The zero-order valence-electron chi connectivity index (χ0n) is 17.3. The van der Waals surface area contributed by atoms with E-state index >= 15 is 0 Å². The number of aliphatic hydroxyl groups excluding tert-OH is 1. The molecular weight excluding hydrogens is 460 g/mol. The van der Waals surface area contributed by atoms with E-state index in [4.69, 9.17) is 16.3 Å². The molecule has 0 radical (unpaired) electrons. The molecule has 1 atom stereocenters. The number of halogens is 7. The van der Waals surface area contributed by atoms with Crippen LogP contribution in [-0.2, 0) is 19.1 Å². The molecule has 1 N–H and O–H groups in total. The van der Waals surface area contributed by atoms with Crippen LogP contribution in [0.2, 0.25) is 5.02 Å². The van der Waals surface area contributed by atoms with E-state index in [1.807, 2.05) is 6.92 Å². The number of ether oxygens (including phenoxy) is 1. The van der Waals surface area contributed by atoms with Crippen molar-refractivity contribution in [3.63, 3.8) is 0 Å². The molecular formula is C22H24ClF6NO2. The number of nitrogens with zero attached hydrogens (tertiary/aromatic N) is 1. The Morgan fingerprint density at radius 3 is 2.34 bits per heavy atom. The summed E-state index contributed by atoms with van der Waals surface area (Å²) in [5, 5.41) is 10.0. The van der Waals surface area contributed by atoms with Crippen molar-refractivity contribution in [3.8, 4) is 5.75 Å². The number of aliphatic hydroxyl groups is 1. The topological polar surface area (TPSA) is 32.7 Å². The first kappa shape index (κ1) is 26.3. The van der Waals surface area contributed by atoms with Gasteiger partial charge < -0.3 is 9.84 Å². The van der Waals surface area contributed by atoms with E-state index in [9.17, 15) is 31.4 Å². The minimum atomic E-state index is -4.88. The normalized spacial score (nSPS) is 13.4. The van der Waals surface area contributed by atoms with Gasteiger partial charge in [0.05, 0.1) is 12.2 Å². The molecule has 10 heteroatoms. The molecule has 178 valence electrons. The highest BCUT2D eigenvalue weighted by molar-refractivity contribution is 6.31. The van der Waals surface area contributed by atoms with Crippen LogP contribution >= 0.6 is 11.6 Å². The van der Waals surface area contributed by atoms with E-state index in [-0.39, 0.29) is 25.1 Å². The van der Waals surface area contributed by atoms with Crippen LogP contribution in [0.3, 0.4) is 0 Å². The zero-order valence-corrected chi connectivity index (χ0v) is 18.1. The molecule has 2 aromatic carbocycles. The summed E-state index contributed by atoms with van der Waals surface area (Å²) in [6.07, 6.45) is -11.3. The van der Waals surface area contributed by atoms with Gasteiger partial charge in [-0.1, -0.05) is 36.7 Å². The van der Waals surface area contributed by atoms with Crippen molar-refractivity contribution in [2.45, 2.75) is 44.8 Å². The standard InChI is InChI=1S/C22H24ClF6NO2/c1-2-15-12-17(8-9-19(15)23)32-11-5-10-30(14-20(31)22(27,28)29)13-16-6-3-4-7-18(16)21(24,25)26/h3-4,6-9,12,20,31H,2,5,10-11,13-14H2,1H3. The summed E-state index contributed by atoms with van der Waals surface area (Å²) in [5.41, 5.74) is -0.209. The van der Waals surface area contributed by atoms with Crippen molar-refractivity contribution in [2.75, 3.05) is 19.7 Å². The summed E-state index contributed by atoms with van der Waals surface area (Å²) in [5.74, 6) is 0.538. The van der Waals surface area contributed by atoms with Crippen LogP contribution in [0.25, 0.3) is 0 Å². The molecule has 0 aliphatic heterocycles. The average molecular weight is 484 g/mol. The van der Waals surface area contributed by atoms with Gasteiger partial charge in [-0.25, -0.2) is 0 Å². The van der Waals surface area contributed by atoms with Gasteiger partial charge in [-0.2, -0.15) is 26.3 Å². The Bertz CT molecular complexity index is 872. The molecule has 32 heavy (non-hydrogen) atoms. The molecule has 0 heterocycles.